The molecular formula is C13H12N2O2. The highest BCUT2D eigenvalue weighted by Gasteiger charge is 1.98. The molecule has 2 aromatic rings. The molecule has 1 amide bonds. The lowest BCUT2D eigenvalue weighted by Crippen LogP contribution is -2.10. The van der Waals surface area contributed by atoms with Crippen molar-refractivity contribution in [2.75, 3.05) is 0 Å². The van der Waals surface area contributed by atoms with Gasteiger partial charge in [-0.3, -0.25) is 9.79 Å². The molecule has 0 spiro atoms. The largest absolute Gasteiger partial charge is 0.460 e. The zero-order chi connectivity index (χ0) is 12.3. The van der Waals surface area contributed by atoms with Gasteiger partial charge in [-0.15, -0.1) is 0 Å². The number of nitrogens with two attached hydrogens (primary N) is 1. The zero-order valence-corrected chi connectivity index (χ0v) is 9.38. The van der Waals surface area contributed by atoms with Crippen LogP contribution in [0.3, 0.4) is 0 Å². The fourth-order valence-corrected chi connectivity index (χ4v) is 1.37. The third kappa shape index (κ3) is 2.81. The minimum Gasteiger partial charge on any atom is -0.460 e. The number of carbonyl (C=O) groups excluding carboxylic acids is 1. The van der Waals surface area contributed by atoms with E-state index >= 15 is 0 Å². The second kappa shape index (κ2) is 4.65. The van der Waals surface area contributed by atoms with Crippen molar-refractivity contribution < 1.29 is 9.21 Å². The Morgan fingerprint density at radius 3 is 2.47 bits per heavy atom. The predicted molar refractivity (Wildman–Crippen MR) is 65.7 cm³/mol. The van der Waals surface area contributed by atoms with Gasteiger partial charge in [-0.2, -0.15) is 0 Å². The number of furan rings is 1. The molecule has 4 nitrogen and oxygen atoms in total. The third-order valence-electron chi connectivity index (χ3n) is 2.25. The number of aryl methyl sites for hydroxylation is 1. The molecule has 0 aliphatic rings. The highest BCUT2D eigenvalue weighted by molar-refractivity contribution is 5.93. The molecule has 1 heterocycles. The summed E-state index contributed by atoms with van der Waals surface area (Å²) in [5, 5.41) is 0. The van der Waals surface area contributed by atoms with Crippen LogP contribution in [0.4, 0.5) is 5.69 Å². The van der Waals surface area contributed by atoms with Crippen LogP contribution in [0, 0.1) is 6.92 Å². The number of rotatable bonds is 3. The van der Waals surface area contributed by atoms with Crippen LogP contribution in [-0.4, -0.2) is 12.1 Å². The van der Waals surface area contributed by atoms with Crippen LogP contribution in [0.2, 0.25) is 0 Å². The summed E-state index contributed by atoms with van der Waals surface area (Å²) >= 11 is 0. The summed E-state index contributed by atoms with van der Waals surface area (Å²) in [6.45, 7) is 1.87. The molecule has 0 atom stereocenters. The van der Waals surface area contributed by atoms with Crippen LogP contribution in [0.1, 0.15) is 21.9 Å². The van der Waals surface area contributed by atoms with Gasteiger partial charge in [-0.25, -0.2) is 0 Å². The Labute approximate surface area is 98.8 Å². The Balaban J connectivity index is 2.13. The van der Waals surface area contributed by atoms with Gasteiger partial charge in [0, 0.05) is 5.56 Å². The van der Waals surface area contributed by atoms with E-state index in [1.165, 1.54) is 0 Å². The van der Waals surface area contributed by atoms with E-state index in [9.17, 15) is 4.79 Å². The summed E-state index contributed by atoms with van der Waals surface area (Å²) in [5.41, 5.74) is 6.35. The minimum atomic E-state index is -0.442. The van der Waals surface area contributed by atoms with Crippen molar-refractivity contribution in [1.29, 1.82) is 0 Å². The Morgan fingerprint density at radius 2 is 1.94 bits per heavy atom. The lowest BCUT2D eigenvalue weighted by molar-refractivity contribution is 0.100. The molecule has 0 aliphatic carbocycles. The average molecular weight is 228 g/mol. The van der Waals surface area contributed by atoms with Gasteiger partial charge in [0.05, 0.1) is 11.9 Å². The van der Waals surface area contributed by atoms with Crippen molar-refractivity contribution in [2.24, 2.45) is 10.7 Å². The first kappa shape index (κ1) is 11.1. The van der Waals surface area contributed by atoms with E-state index in [1.807, 2.05) is 19.1 Å². The SMILES string of the molecule is Cc1ccc(/C=N/c2ccc(C(N)=O)cc2)o1. The molecule has 0 radical (unpaired) electrons. The first-order valence-corrected chi connectivity index (χ1v) is 5.15. The van der Waals surface area contributed by atoms with Crippen LogP contribution < -0.4 is 5.73 Å². The van der Waals surface area contributed by atoms with Crippen LogP contribution >= 0.6 is 0 Å². The van der Waals surface area contributed by atoms with Gasteiger partial charge < -0.3 is 10.2 Å². The number of hydrogen-bond acceptors (Lipinski definition) is 3. The highest BCUT2D eigenvalue weighted by atomic mass is 16.3. The van der Waals surface area contributed by atoms with Gasteiger partial charge in [0.15, 0.2) is 0 Å². The fraction of sp³-hybridized carbons (Fsp3) is 0.0769. The topological polar surface area (TPSA) is 68.6 Å². The summed E-state index contributed by atoms with van der Waals surface area (Å²) in [7, 11) is 0. The molecule has 0 bridgehead atoms. The Bertz CT molecular complexity index is 553. The quantitative estimate of drug-likeness (QED) is 0.820. The Morgan fingerprint density at radius 1 is 1.24 bits per heavy atom. The summed E-state index contributed by atoms with van der Waals surface area (Å²) in [6.07, 6.45) is 1.63. The average Bonchev–Trinajstić information content (AvgIpc) is 2.73. The maximum absolute atomic E-state index is 10.9. The number of nitrogens with zero attached hydrogens (tertiary/aromatic N) is 1. The van der Waals surface area contributed by atoms with Crippen molar-refractivity contribution in [3.63, 3.8) is 0 Å². The van der Waals surface area contributed by atoms with E-state index in [0.29, 0.717) is 11.3 Å². The maximum atomic E-state index is 10.9. The van der Waals surface area contributed by atoms with E-state index in [2.05, 4.69) is 4.99 Å². The van der Waals surface area contributed by atoms with Crippen LogP contribution in [-0.2, 0) is 0 Å². The molecule has 17 heavy (non-hydrogen) atoms. The van der Waals surface area contributed by atoms with Gasteiger partial charge in [0.1, 0.15) is 11.5 Å². The number of benzene rings is 1. The van der Waals surface area contributed by atoms with Gasteiger partial charge in [-0.1, -0.05) is 0 Å². The van der Waals surface area contributed by atoms with E-state index < -0.39 is 5.91 Å². The lowest BCUT2D eigenvalue weighted by atomic mass is 10.2. The number of hydrogen-bond donors (Lipinski definition) is 1. The molecule has 4 heteroatoms. The van der Waals surface area contributed by atoms with Crippen molar-refractivity contribution in [3.05, 3.63) is 53.5 Å². The number of amides is 1. The molecule has 2 rings (SSSR count). The Hall–Kier alpha value is -2.36. The first-order valence-electron chi connectivity index (χ1n) is 5.15. The molecule has 0 fully saturated rings. The second-order valence-electron chi connectivity index (χ2n) is 3.62. The summed E-state index contributed by atoms with van der Waals surface area (Å²) in [4.78, 5) is 15.1. The molecular weight excluding hydrogens is 216 g/mol. The molecule has 0 saturated heterocycles. The van der Waals surface area contributed by atoms with E-state index in [4.69, 9.17) is 10.2 Å². The molecule has 86 valence electrons. The smallest absolute Gasteiger partial charge is 0.248 e. The van der Waals surface area contributed by atoms with Crippen LogP contribution in [0.15, 0.2) is 45.8 Å². The molecule has 1 aromatic heterocycles. The van der Waals surface area contributed by atoms with Gasteiger partial charge in [0.25, 0.3) is 0 Å². The van der Waals surface area contributed by atoms with Gasteiger partial charge in [0.2, 0.25) is 5.91 Å². The Kier molecular flexibility index (Phi) is 3.05. The molecule has 0 unspecified atom stereocenters. The third-order valence-corrected chi connectivity index (χ3v) is 2.25. The van der Waals surface area contributed by atoms with Crippen molar-refractivity contribution in [3.8, 4) is 0 Å². The standard InChI is InChI=1S/C13H12N2O2/c1-9-2-7-12(17-9)8-15-11-5-3-10(4-6-11)13(14)16/h2-8H,1H3,(H2,14,16)/b15-8+. The highest BCUT2D eigenvalue weighted by Crippen LogP contribution is 2.13. The predicted octanol–water partition coefficient (Wildman–Crippen LogP) is 2.44. The van der Waals surface area contributed by atoms with Crippen molar-refractivity contribution in [1.82, 2.24) is 0 Å². The summed E-state index contributed by atoms with van der Waals surface area (Å²) in [6, 6.07) is 10.5. The van der Waals surface area contributed by atoms with E-state index in [1.54, 1.807) is 30.5 Å². The van der Waals surface area contributed by atoms with Crippen LogP contribution in [0.5, 0.6) is 0 Å². The number of carbonyl (C=O) groups is 1. The van der Waals surface area contributed by atoms with Gasteiger partial charge >= 0.3 is 0 Å². The summed E-state index contributed by atoms with van der Waals surface area (Å²) < 4.78 is 5.34. The normalized spacial score (nSPS) is 10.9. The van der Waals surface area contributed by atoms with Crippen molar-refractivity contribution >= 4 is 17.8 Å². The molecule has 0 aliphatic heterocycles. The first-order chi connectivity index (χ1) is 8.15. The summed E-state index contributed by atoms with van der Waals surface area (Å²) in [5.74, 6) is 1.10. The minimum absolute atomic E-state index is 0.442. The van der Waals surface area contributed by atoms with Crippen molar-refractivity contribution in [2.45, 2.75) is 6.92 Å². The maximum Gasteiger partial charge on any atom is 0.248 e. The van der Waals surface area contributed by atoms with E-state index in [-0.39, 0.29) is 0 Å². The fourth-order valence-electron chi connectivity index (χ4n) is 1.37. The lowest BCUT2D eigenvalue weighted by Gasteiger charge is -1.95. The van der Waals surface area contributed by atoms with Crippen LogP contribution in [0.25, 0.3) is 0 Å². The molecule has 0 saturated carbocycles. The number of primary amides is 1. The second-order valence-corrected chi connectivity index (χ2v) is 3.62. The molecule has 1 aromatic carbocycles. The van der Waals surface area contributed by atoms with Gasteiger partial charge in [-0.05, 0) is 43.3 Å². The monoisotopic (exact) mass is 228 g/mol. The molecule has 2 N–H and O–H groups in total. The number of aliphatic imine (C=N–C) groups is 1. The zero-order valence-electron chi connectivity index (χ0n) is 9.38. The van der Waals surface area contributed by atoms with E-state index in [0.717, 1.165) is 11.4 Å².